The summed E-state index contributed by atoms with van der Waals surface area (Å²) >= 11 is 0. The van der Waals surface area contributed by atoms with Crippen molar-refractivity contribution in [1.29, 1.82) is 0 Å². The molecule has 198 valence electrons. The zero-order valence-corrected chi connectivity index (χ0v) is 22.8. The fraction of sp³-hybridized carbons (Fsp3) is 0.462. The van der Waals surface area contributed by atoms with Crippen LogP contribution in [0, 0.1) is 5.92 Å². The van der Waals surface area contributed by atoms with Gasteiger partial charge in [-0.15, -0.1) is 0 Å². The van der Waals surface area contributed by atoms with E-state index in [1.165, 1.54) is 19.0 Å². The molecule has 1 unspecified atom stereocenters. The van der Waals surface area contributed by atoms with Crippen LogP contribution in [0.1, 0.15) is 32.8 Å². The molecule has 0 heterocycles. The van der Waals surface area contributed by atoms with Crippen molar-refractivity contribution in [2.75, 3.05) is 38.6 Å². The number of benzene rings is 2. The highest BCUT2D eigenvalue weighted by Crippen LogP contribution is 2.22. The molecular weight excluding hydrogens is 480 g/mol. The Morgan fingerprint density at radius 2 is 1.69 bits per heavy atom. The lowest BCUT2D eigenvalue weighted by Gasteiger charge is -2.34. The van der Waals surface area contributed by atoms with Crippen LogP contribution in [0.15, 0.2) is 54.6 Å². The van der Waals surface area contributed by atoms with Crippen molar-refractivity contribution < 1.29 is 22.7 Å². The molecule has 1 atom stereocenters. The number of rotatable bonds is 13. The molecule has 0 aliphatic heterocycles. The van der Waals surface area contributed by atoms with E-state index in [-0.39, 0.29) is 18.4 Å². The van der Waals surface area contributed by atoms with Gasteiger partial charge in [0.1, 0.15) is 18.3 Å². The highest BCUT2D eigenvalue weighted by molar-refractivity contribution is 7.90. The Hall–Kier alpha value is -3.11. The summed E-state index contributed by atoms with van der Waals surface area (Å²) in [4.78, 5) is 28.4. The molecule has 0 aliphatic carbocycles. The second-order valence-corrected chi connectivity index (χ2v) is 11.1. The topological polar surface area (TPSA) is 99.3 Å². The van der Waals surface area contributed by atoms with Gasteiger partial charge in [0.05, 0.1) is 12.8 Å². The lowest BCUT2D eigenvalue weighted by atomic mass is 10.1. The van der Waals surface area contributed by atoms with Gasteiger partial charge < -0.3 is 15.0 Å². The molecule has 2 rings (SSSR count). The fourth-order valence-corrected chi connectivity index (χ4v) is 4.68. The zero-order chi connectivity index (χ0) is 26.9. The molecule has 0 fully saturated rings. The minimum Gasteiger partial charge on any atom is -0.497 e. The summed E-state index contributed by atoms with van der Waals surface area (Å²) in [6, 6.07) is 14.9. The Balaban J connectivity index is 2.47. The highest BCUT2D eigenvalue weighted by atomic mass is 32.2. The van der Waals surface area contributed by atoms with Crippen LogP contribution < -0.4 is 14.4 Å². The van der Waals surface area contributed by atoms with Gasteiger partial charge in [-0.25, -0.2) is 4.31 Å². The number of methoxy groups -OCH3 is 1. The smallest absolute Gasteiger partial charge is 0.304 e. The predicted molar refractivity (Wildman–Crippen MR) is 142 cm³/mol. The largest absolute Gasteiger partial charge is 0.497 e. The summed E-state index contributed by atoms with van der Waals surface area (Å²) in [6.07, 6.45) is 0.366. The van der Waals surface area contributed by atoms with Gasteiger partial charge >= 0.3 is 10.2 Å². The van der Waals surface area contributed by atoms with Gasteiger partial charge in [-0.05, 0) is 42.2 Å². The molecule has 2 aromatic rings. The molecule has 0 aromatic heterocycles. The second kappa shape index (κ2) is 13.3. The molecule has 9 nitrogen and oxygen atoms in total. The van der Waals surface area contributed by atoms with Crippen molar-refractivity contribution >= 4 is 27.7 Å². The van der Waals surface area contributed by atoms with E-state index in [1.807, 2.05) is 32.9 Å². The van der Waals surface area contributed by atoms with E-state index in [0.29, 0.717) is 24.4 Å². The molecule has 36 heavy (non-hydrogen) atoms. The maximum Gasteiger partial charge on any atom is 0.304 e. The fourth-order valence-electron chi connectivity index (χ4n) is 3.62. The lowest BCUT2D eigenvalue weighted by molar-refractivity contribution is -0.140. The zero-order valence-electron chi connectivity index (χ0n) is 22.0. The van der Waals surface area contributed by atoms with Crippen LogP contribution in [-0.4, -0.2) is 69.8 Å². The minimum absolute atomic E-state index is 0.119. The molecule has 1 N–H and O–H groups in total. The number of carbonyl (C=O) groups is 2. The Morgan fingerprint density at radius 3 is 2.25 bits per heavy atom. The first-order chi connectivity index (χ1) is 17.0. The van der Waals surface area contributed by atoms with E-state index >= 15 is 0 Å². The average molecular weight is 519 g/mol. The molecule has 2 amide bonds. The van der Waals surface area contributed by atoms with Gasteiger partial charge in [0.25, 0.3) is 0 Å². The van der Waals surface area contributed by atoms with Crippen molar-refractivity contribution in [2.45, 2.75) is 39.8 Å². The van der Waals surface area contributed by atoms with Gasteiger partial charge in [0.15, 0.2) is 0 Å². The summed E-state index contributed by atoms with van der Waals surface area (Å²) in [6.45, 7) is 5.95. The predicted octanol–water partition coefficient (Wildman–Crippen LogP) is 2.89. The number of ether oxygens (including phenoxy) is 1. The Labute approximate surface area is 215 Å². The first-order valence-corrected chi connectivity index (χ1v) is 13.4. The highest BCUT2D eigenvalue weighted by Gasteiger charge is 2.33. The van der Waals surface area contributed by atoms with E-state index in [1.54, 1.807) is 49.6 Å². The van der Waals surface area contributed by atoms with Crippen LogP contribution >= 0.6 is 0 Å². The van der Waals surface area contributed by atoms with Crippen LogP contribution in [0.5, 0.6) is 5.75 Å². The normalized spacial score (nSPS) is 12.3. The number of amides is 2. The van der Waals surface area contributed by atoms with E-state index < -0.39 is 28.7 Å². The van der Waals surface area contributed by atoms with Crippen molar-refractivity contribution in [2.24, 2.45) is 5.92 Å². The summed E-state index contributed by atoms with van der Waals surface area (Å²) in [5.41, 5.74) is 1.12. The minimum atomic E-state index is -3.98. The van der Waals surface area contributed by atoms with Crippen LogP contribution in [0.3, 0.4) is 0 Å². The summed E-state index contributed by atoms with van der Waals surface area (Å²) < 4.78 is 33.8. The summed E-state index contributed by atoms with van der Waals surface area (Å²) in [5.74, 6) is 0.105. The molecule has 0 aliphatic rings. The van der Waals surface area contributed by atoms with Gasteiger partial charge in [0.2, 0.25) is 11.8 Å². The van der Waals surface area contributed by atoms with Crippen LogP contribution in [0.2, 0.25) is 0 Å². The van der Waals surface area contributed by atoms with Crippen LogP contribution in [-0.2, 0) is 26.3 Å². The molecular formula is C26H38N4O5S. The second-order valence-electron chi connectivity index (χ2n) is 9.07. The Kier molecular flexibility index (Phi) is 10.7. The molecule has 10 heteroatoms. The number of nitrogens with zero attached hydrogens (tertiary/aromatic N) is 3. The number of anilines is 1. The molecule has 0 saturated heterocycles. The first kappa shape index (κ1) is 29.1. The number of hydrogen-bond donors (Lipinski definition) is 1. The van der Waals surface area contributed by atoms with Crippen molar-refractivity contribution in [3.63, 3.8) is 0 Å². The standard InChI is InChI=1S/C26H38N4O5S/c1-7-24(26(32)27-17-20(2)3)29(18-21-12-11-15-23(16-21)35-6)25(31)19-30(36(33,34)28(4)5)22-13-9-8-10-14-22/h8-16,20,24H,7,17-19H2,1-6H3,(H,27,32). The van der Waals surface area contributed by atoms with Crippen LogP contribution in [0.25, 0.3) is 0 Å². The average Bonchev–Trinajstić information content (AvgIpc) is 2.86. The summed E-state index contributed by atoms with van der Waals surface area (Å²) in [5, 5.41) is 2.91. The van der Waals surface area contributed by atoms with Gasteiger partial charge in [-0.2, -0.15) is 12.7 Å². The maximum atomic E-state index is 13.8. The molecule has 0 bridgehead atoms. The van der Waals surface area contributed by atoms with E-state index in [9.17, 15) is 18.0 Å². The lowest BCUT2D eigenvalue weighted by Crippen LogP contribution is -2.53. The van der Waals surface area contributed by atoms with E-state index in [4.69, 9.17) is 4.74 Å². The molecule has 0 spiro atoms. The number of carbonyl (C=O) groups excluding carboxylic acids is 2. The number of nitrogens with one attached hydrogen (secondary N) is 1. The Bertz CT molecular complexity index is 1110. The molecule has 2 aromatic carbocycles. The number of hydrogen-bond acceptors (Lipinski definition) is 5. The maximum absolute atomic E-state index is 13.8. The van der Waals surface area contributed by atoms with Crippen molar-refractivity contribution in [3.05, 3.63) is 60.2 Å². The summed E-state index contributed by atoms with van der Waals surface area (Å²) in [7, 11) is 0.405. The molecule has 0 saturated carbocycles. The van der Waals surface area contributed by atoms with E-state index in [2.05, 4.69) is 5.32 Å². The van der Waals surface area contributed by atoms with Gasteiger partial charge in [-0.3, -0.25) is 9.59 Å². The molecule has 0 radical (unpaired) electrons. The quantitative estimate of drug-likeness (QED) is 0.440. The third-order valence-corrected chi connectivity index (χ3v) is 7.44. The SMILES string of the molecule is CCC(C(=O)NCC(C)C)N(Cc1cccc(OC)c1)C(=O)CN(c1ccccc1)S(=O)(=O)N(C)C. The van der Waals surface area contributed by atoms with Crippen molar-refractivity contribution in [1.82, 2.24) is 14.5 Å². The van der Waals surface area contributed by atoms with Gasteiger partial charge in [-0.1, -0.05) is 51.1 Å². The van der Waals surface area contributed by atoms with E-state index in [0.717, 1.165) is 14.2 Å². The number of para-hydroxylation sites is 1. The monoisotopic (exact) mass is 518 g/mol. The Morgan fingerprint density at radius 1 is 1.03 bits per heavy atom. The first-order valence-electron chi connectivity index (χ1n) is 12.0. The third-order valence-electron chi connectivity index (χ3n) is 5.62. The third kappa shape index (κ3) is 7.69. The van der Waals surface area contributed by atoms with Gasteiger partial charge in [0, 0.05) is 27.2 Å². The van der Waals surface area contributed by atoms with Crippen molar-refractivity contribution in [3.8, 4) is 5.75 Å². The van der Waals surface area contributed by atoms with Crippen LogP contribution in [0.4, 0.5) is 5.69 Å².